The number of unbranched alkanes of at least 4 members (excludes halogenated alkanes) is 33. The van der Waals surface area contributed by atoms with Crippen molar-refractivity contribution < 1.29 is 9.59 Å². The Bertz CT molecular complexity index is 821. The van der Waals surface area contributed by atoms with E-state index >= 15 is 0 Å². The topological polar surface area (TPSA) is 85.5 Å². The zero-order valence-corrected chi connectivity index (χ0v) is 41.9. The Labute approximate surface area is 382 Å². The highest BCUT2D eigenvalue weighted by Crippen LogP contribution is 2.16. The largest absolute Gasteiger partial charge is 0.355 e. The molecule has 0 aliphatic carbocycles. The third-order valence-corrected chi connectivity index (χ3v) is 12.7. The number of carbonyl (C=O) groups excluding carboxylic acids is 2. The summed E-state index contributed by atoms with van der Waals surface area (Å²) in [4.78, 5) is 27.9. The molecular weight excluding hydrogens is 751 g/mol. The zero-order valence-electron chi connectivity index (χ0n) is 41.9. The van der Waals surface area contributed by atoms with Gasteiger partial charge in [-0.25, -0.2) is 0 Å². The van der Waals surface area contributed by atoms with E-state index in [4.69, 9.17) is 0 Å². The predicted octanol–water partition coefficient (Wildman–Crippen LogP) is 14.4. The number of carbonyl (C=O) groups is 2. The zero-order chi connectivity index (χ0) is 44.2. The van der Waals surface area contributed by atoms with Gasteiger partial charge in [0.25, 0.3) is 0 Å². The molecule has 0 aromatic rings. The maximum atomic E-state index is 13.4. The van der Waals surface area contributed by atoms with Gasteiger partial charge in [0.1, 0.15) is 0 Å². The minimum atomic E-state index is 0.0763. The molecule has 0 aromatic carbocycles. The molecule has 0 bridgehead atoms. The summed E-state index contributed by atoms with van der Waals surface area (Å²) in [6.07, 6.45) is 52.3. The summed E-state index contributed by atoms with van der Waals surface area (Å²) in [7, 11) is 0. The average Bonchev–Trinajstić information content (AvgIpc) is 3.26. The molecule has 4 N–H and O–H groups in total. The van der Waals surface area contributed by atoms with Crippen molar-refractivity contribution in [1.82, 2.24) is 26.2 Å². The van der Waals surface area contributed by atoms with Crippen molar-refractivity contribution in [2.24, 2.45) is 0 Å². The van der Waals surface area contributed by atoms with Crippen molar-refractivity contribution in [1.29, 1.82) is 0 Å². The van der Waals surface area contributed by atoms with Gasteiger partial charge in [-0.05, 0) is 84.1 Å². The molecule has 61 heavy (non-hydrogen) atoms. The predicted molar refractivity (Wildman–Crippen MR) is 270 cm³/mol. The van der Waals surface area contributed by atoms with Gasteiger partial charge < -0.3 is 26.2 Å². The second-order valence-corrected chi connectivity index (χ2v) is 18.9. The molecule has 0 saturated heterocycles. The number of nitrogens with one attached hydrogen (secondary N) is 4. The van der Waals surface area contributed by atoms with Gasteiger partial charge in [0.05, 0.1) is 6.54 Å². The molecule has 0 fully saturated rings. The molecule has 0 radical (unpaired) electrons. The van der Waals surface area contributed by atoms with Crippen molar-refractivity contribution in [3.05, 3.63) is 0 Å². The lowest BCUT2D eigenvalue weighted by Crippen LogP contribution is -2.35. The molecule has 0 heterocycles. The van der Waals surface area contributed by atoms with E-state index in [0.29, 0.717) is 25.4 Å². The van der Waals surface area contributed by atoms with Crippen LogP contribution in [0.3, 0.4) is 0 Å². The molecule has 0 aromatic heterocycles. The molecule has 7 heteroatoms. The molecule has 364 valence electrons. The van der Waals surface area contributed by atoms with Crippen LogP contribution in [0, 0.1) is 0 Å². The van der Waals surface area contributed by atoms with E-state index in [1.165, 1.54) is 212 Å². The summed E-state index contributed by atoms with van der Waals surface area (Å²) in [6, 6.07) is 0. The van der Waals surface area contributed by atoms with E-state index in [0.717, 1.165) is 84.3 Å². The molecule has 0 saturated carbocycles. The lowest BCUT2D eigenvalue weighted by atomic mass is 10.0. The maximum absolute atomic E-state index is 13.4. The Kier molecular flexibility index (Phi) is 52.1. The van der Waals surface area contributed by atoms with Crippen LogP contribution in [-0.4, -0.2) is 75.6 Å². The van der Waals surface area contributed by atoms with Crippen LogP contribution < -0.4 is 21.3 Å². The first-order valence-corrected chi connectivity index (χ1v) is 27.8. The molecule has 0 aliphatic heterocycles. The first-order chi connectivity index (χ1) is 30.2. The minimum Gasteiger partial charge on any atom is -0.355 e. The van der Waals surface area contributed by atoms with Crippen molar-refractivity contribution >= 4 is 11.8 Å². The fourth-order valence-electron chi connectivity index (χ4n) is 8.56. The van der Waals surface area contributed by atoms with Crippen LogP contribution in [0.4, 0.5) is 0 Å². The molecule has 0 unspecified atom stereocenters. The molecule has 0 rings (SSSR count). The molecule has 2 amide bonds. The van der Waals surface area contributed by atoms with E-state index in [1.54, 1.807) is 0 Å². The van der Waals surface area contributed by atoms with Gasteiger partial charge in [0.2, 0.25) is 11.8 Å². The molecule has 7 nitrogen and oxygen atoms in total. The van der Waals surface area contributed by atoms with Gasteiger partial charge in [-0.2, -0.15) is 0 Å². The van der Waals surface area contributed by atoms with Crippen LogP contribution in [0.5, 0.6) is 0 Å². The highest BCUT2D eigenvalue weighted by atomic mass is 16.2. The SMILES string of the molecule is CCCCCCCCCCCCCCCCCCN(CCCCCCCCCCCCCCCCCC)C(=O)CCCCCNC(=O)CNCCCNCCCCNCCC. The third kappa shape index (κ3) is 49.7. The van der Waals surface area contributed by atoms with E-state index in [-0.39, 0.29) is 5.91 Å². The fourth-order valence-corrected chi connectivity index (χ4v) is 8.56. The van der Waals surface area contributed by atoms with Gasteiger partial charge in [0.15, 0.2) is 0 Å². The molecule has 0 aliphatic rings. The number of nitrogens with zero attached hydrogens (tertiary/aromatic N) is 1. The average molecular weight is 863 g/mol. The highest BCUT2D eigenvalue weighted by molar-refractivity contribution is 5.78. The summed E-state index contributed by atoms with van der Waals surface area (Å²) in [5, 5.41) is 13.3. The first kappa shape index (κ1) is 59.8. The highest BCUT2D eigenvalue weighted by Gasteiger charge is 2.13. The van der Waals surface area contributed by atoms with Gasteiger partial charge in [-0.3, -0.25) is 9.59 Å². The smallest absolute Gasteiger partial charge is 0.233 e. The van der Waals surface area contributed by atoms with Crippen LogP contribution in [0.1, 0.15) is 278 Å². The van der Waals surface area contributed by atoms with Crippen LogP contribution in [0.15, 0.2) is 0 Å². The number of hydrogen-bond donors (Lipinski definition) is 4. The quantitative estimate of drug-likeness (QED) is 0.0458. The third-order valence-electron chi connectivity index (χ3n) is 12.7. The summed E-state index contributed by atoms with van der Waals surface area (Å²) in [5.74, 6) is 0.432. The van der Waals surface area contributed by atoms with E-state index in [1.807, 2.05) is 0 Å². The summed E-state index contributed by atoms with van der Waals surface area (Å²) in [6.45, 7) is 14.9. The Balaban J connectivity index is 4.15. The van der Waals surface area contributed by atoms with Crippen molar-refractivity contribution in [2.45, 2.75) is 278 Å². The number of hydrogen-bond acceptors (Lipinski definition) is 5. The summed E-state index contributed by atoms with van der Waals surface area (Å²) in [5.41, 5.74) is 0. The minimum absolute atomic E-state index is 0.0763. The monoisotopic (exact) mass is 862 g/mol. The van der Waals surface area contributed by atoms with Gasteiger partial charge >= 0.3 is 0 Å². The lowest BCUT2D eigenvalue weighted by molar-refractivity contribution is -0.131. The van der Waals surface area contributed by atoms with E-state index < -0.39 is 0 Å². The Morgan fingerprint density at radius 1 is 0.311 bits per heavy atom. The maximum Gasteiger partial charge on any atom is 0.233 e. The van der Waals surface area contributed by atoms with E-state index in [9.17, 15) is 9.59 Å². The van der Waals surface area contributed by atoms with Crippen molar-refractivity contribution in [2.75, 3.05) is 58.9 Å². The second kappa shape index (κ2) is 53.2. The van der Waals surface area contributed by atoms with Crippen LogP contribution in [-0.2, 0) is 9.59 Å². The molecule has 0 spiro atoms. The summed E-state index contributed by atoms with van der Waals surface area (Å²) < 4.78 is 0. The number of rotatable bonds is 53. The standard InChI is InChI=1S/C54H111N5O2/c1-4-7-9-11-13-15-17-19-21-23-25-27-29-31-33-40-50-59(51-41-34-32-30-28-26-24-22-20-18-16-14-12-10-8-5-2)54(61)43-36-35-37-49-58-53(60)52-57-48-42-47-56-46-39-38-45-55-44-6-3/h55-57H,4-52H2,1-3H3,(H,58,60). The van der Waals surface area contributed by atoms with Crippen LogP contribution in [0.25, 0.3) is 0 Å². The number of amides is 2. The lowest BCUT2D eigenvalue weighted by Gasteiger charge is -2.23. The Morgan fingerprint density at radius 2 is 0.639 bits per heavy atom. The van der Waals surface area contributed by atoms with Gasteiger partial charge in [0, 0.05) is 26.1 Å². The second-order valence-electron chi connectivity index (χ2n) is 18.9. The van der Waals surface area contributed by atoms with E-state index in [2.05, 4.69) is 46.9 Å². The van der Waals surface area contributed by atoms with Gasteiger partial charge in [-0.1, -0.05) is 220 Å². The van der Waals surface area contributed by atoms with Gasteiger partial charge in [-0.15, -0.1) is 0 Å². The van der Waals surface area contributed by atoms with Crippen molar-refractivity contribution in [3.8, 4) is 0 Å². The first-order valence-electron chi connectivity index (χ1n) is 27.8. The molecular formula is C54H111N5O2. The van der Waals surface area contributed by atoms with Crippen LogP contribution in [0.2, 0.25) is 0 Å². The van der Waals surface area contributed by atoms with Crippen molar-refractivity contribution in [3.63, 3.8) is 0 Å². The normalized spacial score (nSPS) is 11.5. The Morgan fingerprint density at radius 3 is 1.05 bits per heavy atom. The Hall–Kier alpha value is -1.18. The fraction of sp³-hybridized carbons (Fsp3) is 0.963. The summed E-state index contributed by atoms with van der Waals surface area (Å²) >= 11 is 0. The molecule has 0 atom stereocenters. The van der Waals surface area contributed by atoms with Crippen LogP contribution >= 0.6 is 0 Å².